The third kappa shape index (κ3) is 5.16. The van der Waals surface area contributed by atoms with Gasteiger partial charge in [-0.15, -0.1) is 11.8 Å². The molecule has 1 fully saturated rings. The van der Waals surface area contributed by atoms with Crippen molar-refractivity contribution in [2.45, 2.75) is 51.4 Å². The molecule has 1 saturated heterocycles. The van der Waals surface area contributed by atoms with Crippen LogP contribution in [-0.2, 0) is 28.5 Å². The highest BCUT2D eigenvalue weighted by molar-refractivity contribution is 7.99. The summed E-state index contributed by atoms with van der Waals surface area (Å²) >= 11 is 1.66. The number of ether oxygens (including phenoxy) is 4. The summed E-state index contributed by atoms with van der Waals surface area (Å²) in [5.74, 6) is 0.141. The molecule has 7 heteroatoms. The number of esters is 2. The molecule has 1 aliphatic rings. The lowest BCUT2D eigenvalue weighted by Gasteiger charge is -2.43. The van der Waals surface area contributed by atoms with Crippen molar-refractivity contribution in [3.63, 3.8) is 0 Å². The molecule has 2 unspecified atom stereocenters. The van der Waals surface area contributed by atoms with Gasteiger partial charge in [-0.2, -0.15) is 0 Å². The number of carbonyl (C=O) groups is 2. The van der Waals surface area contributed by atoms with E-state index >= 15 is 0 Å². The fourth-order valence-electron chi connectivity index (χ4n) is 2.41. The molecule has 122 valence electrons. The van der Waals surface area contributed by atoms with Gasteiger partial charge in [-0.1, -0.05) is 13.8 Å². The van der Waals surface area contributed by atoms with Gasteiger partial charge in [0.25, 0.3) is 0 Å². The molecule has 6 nitrogen and oxygen atoms in total. The first-order valence-corrected chi connectivity index (χ1v) is 8.06. The van der Waals surface area contributed by atoms with Crippen molar-refractivity contribution < 1.29 is 28.5 Å². The Morgan fingerprint density at radius 1 is 1.19 bits per heavy atom. The van der Waals surface area contributed by atoms with Crippen LogP contribution in [0.25, 0.3) is 0 Å². The highest BCUT2D eigenvalue weighted by Crippen LogP contribution is 2.35. The van der Waals surface area contributed by atoms with E-state index in [1.807, 2.05) is 13.8 Å². The molecule has 0 amide bonds. The first-order valence-electron chi connectivity index (χ1n) is 7.01. The Balaban J connectivity index is 2.89. The summed E-state index contributed by atoms with van der Waals surface area (Å²) in [6, 6.07) is 0. The summed E-state index contributed by atoms with van der Waals surface area (Å²) in [4.78, 5) is 22.3. The van der Waals surface area contributed by atoms with E-state index in [1.165, 1.54) is 13.8 Å². The summed E-state index contributed by atoms with van der Waals surface area (Å²) in [6.45, 7) is 6.76. The number of thioether (sulfide) groups is 1. The van der Waals surface area contributed by atoms with E-state index in [0.29, 0.717) is 0 Å². The first kappa shape index (κ1) is 18.3. The van der Waals surface area contributed by atoms with Gasteiger partial charge in [0.15, 0.2) is 6.10 Å². The number of hydrogen-bond donors (Lipinski definition) is 0. The van der Waals surface area contributed by atoms with Crippen LogP contribution < -0.4 is 0 Å². The molecule has 0 aromatic carbocycles. The summed E-state index contributed by atoms with van der Waals surface area (Å²) in [5, 5.41) is 0. The van der Waals surface area contributed by atoms with Gasteiger partial charge in [-0.25, -0.2) is 0 Å². The SMILES string of the molecule is CCSC1OC(COC(C)=O)[C@@H](OC(C)=O)[C@H](OC)[C@@H]1C. The maximum Gasteiger partial charge on any atom is 0.303 e. The Bertz CT molecular complexity index is 361. The van der Waals surface area contributed by atoms with Crippen molar-refractivity contribution in [3.05, 3.63) is 0 Å². The topological polar surface area (TPSA) is 71.1 Å². The zero-order chi connectivity index (χ0) is 16.0. The molecule has 0 saturated carbocycles. The van der Waals surface area contributed by atoms with Gasteiger partial charge < -0.3 is 18.9 Å². The van der Waals surface area contributed by atoms with Crippen LogP contribution in [0.4, 0.5) is 0 Å². The van der Waals surface area contributed by atoms with Gasteiger partial charge in [0.05, 0.1) is 0 Å². The summed E-state index contributed by atoms with van der Waals surface area (Å²) < 4.78 is 21.9. The second kappa shape index (κ2) is 8.60. The Morgan fingerprint density at radius 3 is 2.33 bits per heavy atom. The molecule has 21 heavy (non-hydrogen) atoms. The van der Waals surface area contributed by atoms with E-state index in [2.05, 4.69) is 0 Å². The molecule has 0 bridgehead atoms. The van der Waals surface area contributed by atoms with E-state index in [-0.39, 0.29) is 24.1 Å². The standard InChI is InChI=1S/C14H24O6S/c1-6-21-14-8(2)12(17-5)13(19-10(4)16)11(20-14)7-18-9(3)15/h8,11-14H,6-7H2,1-5H3/t8-,11?,12+,13+,14?/m0/s1. The molecule has 0 aliphatic carbocycles. The molecule has 1 aliphatic heterocycles. The summed E-state index contributed by atoms with van der Waals surface area (Å²) in [7, 11) is 1.58. The van der Waals surface area contributed by atoms with E-state index in [9.17, 15) is 9.59 Å². The number of carbonyl (C=O) groups excluding carboxylic acids is 2. The highest BCUT2D eigenvalue weighted by atomic mass is 32.2. The lowest BCUT2D eigenvalue weighted by molar-refractivity contribution is -0.212. The van der Waals surface area contributed by atoms with Crippen molar-refractivity contribution in [2.24, 2.45) is 5.92 Å². The highest BCUT2D eigenvalue weighted by Gasteiger charge is 2.46. The molecule has 0 spiro atoms. The Kier molecular flexibility index (Phi) is 7.48. The lowest BCUT2D eigenvalue weighted by atomic mass is 9.93. The smallest absolute Gasteiger partial charge is 0.303 e. The Labute approximate surface area is 129 Å². The Morgan fingerprint density at radius 2 is 1.86 bits per heavy atom. The van der Waals surface area contributed by atoms with Crippen molar-refractivity contribution in [1.82, 2.24) is 0 Å². The summed E-state index contributed by atoms with van der Waals surface area (Å²) in [6.07, 6.45) is -1.41. The van der Waals surface area contributed by atoms with E-state index in [1.54, 1.807) is 18.9 Å². The average Bonchev–Trinajstić information content (AvgIpc) is 2.40. The van der Waals surface area contributed by atoms with Crippen LogP contribution in [0.3, 0.4) is 0 Å². The minimum absolute atomic E-state index is 0.0423. The van der Waals surface area contributed by atoms with Crippen molar-refractivity contribution >= 4 is 23.7 Å². The minimum Gasteiger partial charge on any atom is -0.463 e. The molecule has 1 rings (SSSR count). The zero-order valence-corrected chi connectivity index (χ0v) is 14.0. The molecule has 0 N–H and O–H groups in total. The number of rotatable bonds is 6. The van der Waals surface area contributed by atoms with E-state index in [4.69, 9.17) is 18.9 Å². The number of hydrogen-bond acceptors (Lipinski definition) is 7. The van der Waals surface area contributed by atoms with Crippen molar-refractivity contribution in [2.75, 3.05) is 19.5 Å². The average molecular weight is 320 g/mol. The predicted molar refractivity (Wildman–Crippen MR) is 78.9 cm³/mol. The molecular formula is C14H24O6S. The summed E-state index contributed by atoms with van der Waals surface area (Å²) in [5.41, 5.74) is -0.0904. The first-order chi connectivity index (χ1) is 9.90. The third-order valence-electron chi connectivity index (χ3n) is 3.30. The fraction of sp³-hybridized carbons (Fsp3) is 0.857. The molecule has 5 atom stereocenters. The normalized spacial score (nSPS) is 32.5. The largest absolute Gasteiger partial charge is 0.463 e. The molecular weight excluding hydrogens is 296 g/mol. The van der Waals surface area contributed by atoms with Crippen LogP contribution in [0, 0.1) is 5.92 Å². The predicted octanol–water partition coefficient (Wildman–Crippen LogP) is 1.61. The Hall–Kier alpha value is -0.790. The van der Waals surface area contributed by atoms with Crippen LogP contribution in [0.1, 0.15) is 27.7 Å². The van der Waals surface area contributed by atoms with E-state index in [0.717, 1.165) is 5.75 Å². The minimum atomic E-state index is -0.587. The van der Waals surface area contributed by atoms with Gasteiger partial charge in [0.1, 0.15) is 24.3 Å². The van der Waals surface area contributed by atoms with Crippen molar-refractivity contribution in [3.8, 4) is 0 Å². The second-order valence-electron chi connectivity index (χ2n) is 4.93. The van der Waals surface area contributed by atoms with Gasteiger partial charge in [0, 0.05) is 26.9 Å². The second-order valence-corrected chi connectivity index (χ2v) is 6.31. The molecule has 0 aromatic rings. The monoisotopic (exact) mass is 320 g/mol. The maximum atomic E-state index is 11.3. The van der Waals surface area contributed by atoms with Crippen LogP contribution >= 0.6 is 11.8 Å². The van der Waals surface area contributed by atoms with Crippen LogP contribution in [0.5, 0.6) is 0 Å². The van der Waals surface area contributed by atoms with Gasteiger partial charge >= 0.3 is 11.9 Å². The lowest BCUT2D eigenvalue weighted by Crippen LogP contribution is -2.56. The van der Waals surface area contributed by atoms with Crippen LogP contribution in [-0.4, -0.2) is 55.2 Å². The van der Waals surface area contributed by atoms with Gasteiger partial charge in [0.2, 0.25) is 0 Å². The fourth-order valence-corrected chi connectivity index (χ4v) is 3.42. The quantitative estimate of drug-likeness (QED) is 0.689. The third-order valence-corrected chi connectivity index (χ3v) is 4.50. The van der Waals surface area contributed by atoms with E-state index < -0.39 is 24.1 Å². The van der Waals surface area contributed by atoms with Crippen LogP contribution in [0.2, 0.25) is 0 Å². The number of methoxy groups -OCH3 is 1. The van der Waals surface area contributed by atoms with Gasteiger partial charge in [-0.3, -0.25) is 9.59 Å². The zero-order valence-electron chi connectivity index (χ0n) is 13.2. The van der Waals surface area contributed by atoms with Crippen LogP contribution in [0.15, 0.2) is 0 Å². The molecule has 0 radical (unpaired) electrons. The van der Waals surface area contributed by atoms with Gasteiger partial charge in [-0.05, 0) is 5.75 Å². The van der Waals surface area contributed by atoms with Crippen molar-refractivity contribution in [1.29, 1.82) is 0 Å². The molecule has 0 aromatic heterocycles. The maximum absolute atomic E-state index is 11.3. The molecule has 1 heterocycles.